The molecule has 0 amide bonds. The fourth-order valence-electron chi connectivity index (χ4n) is 1.43. The molecular weight excluding hydrogens is 259 g/mol. The van der Waals surface area contributed by atoms with Crippen LogP contribution in [0.3, 0.4) is 0 Å². The molecule has 5 heteroatoms. The maximum atomic E-state index is 5.78. The average Bonchev–Trinajstić information content (AvgIpc) is 2.20. The molecular formula is C12H20Cl2N2O. The number of hydrogen-bond acceptors (Lipinski definition) is 3. The van der Waals surface area contributed by atoms with Crippen molar-refractivity contribution in [1.29, 1.82) is 0 Å². The van der Waals surface area contributed by atoms with Crippen LogP contribution in [-0.4, -0.2) is 37.7 Å². The third kappa shape index (κ3) is 7.45. The van der Waals surface area contributed by atoms with E-state index in [9.17, 15) is 0 Å². The van der Waals surface area contributed by atoms with Crippen LogP contribution in [0.2, 0.25) is 5.02 Å². The van der Waals surface area contributed by atoms with Crippen LogP contribution in [0.4, 0.5) is 0 Å². The van der Waals surface area contributed by atoms with Crippen LogP contribution in [0.5, 0.6) is 5.75 Å². The Morgan fingerprint density at radius 2 is 1.94 bits per heavy atom. The van der Waals surface area contributed by atoms with Crippen molar-refractivity contribution in [2.75, 3.05) is 26.7 Å². The van der Waals surface area contributed by atoms with Crippen LogP contribution in [0.25, 0.3) is 0 Å². The van der Waals surface area contributed by atoms with Crippen molar-refractivity contribution >= 4 is 24.0 Å². The quantitative estimate of drug-likeness (QED) is 0.869. The lowest BCUT2D eigenvalue weighted by Crippen LogP contribution is -2.35. The molecule has 0 fully saturated rings. The van der Waals surface area contributed by atoms with Crippen molar-refractivity contribution in [3.63, 3.8) is 0 Å². The minimum atomic E-state index is 0. The standard InChI is InChI=1S/C12H19ClN2O.ClH/c1-10(14)9-15(2)7-8-16-12-5-3-11(13)4-6-12;/h3-6,10H,7-9,14H2,1-2H3;1H. The second-order valence-corrected chi connectivity index (χ2v) is 4.48. The molecule has 98 valence electrons. The molecule has 1 aromatic rings. The lowest BCUT2D eigenvalue weighted by Gasteiger charge is -2.18. The zero-order valence-electron chi connectivity index (χ0n) is 10.2. The van der Waals surface area contributed by atoms with Gasteiger partial charge in [0.1, 0.15) is 12.4 Å². The maximum absolute atomic E-state index is 5.78. The van der Waals surface area contributed by atoms with E-state index < -0.39 is 0 Å². The number of ether oxygens (including phenoxy) is 1. The van der Waals surface area contributed by atoms with Gasteiger partial charge in [0.15, 0.2) is 0 Å². The number of benzene rings is 1. The van der Waals surface area contributed by atoms with Crippen molar-refractivity contribution in [2.45, 2.75) is 13.0 Å². The summed E-state index contributed by atoms with van der Waals surface area (Å²) in [5, 5.41) is 0.724. The lowest BCUT2D eigenvalue weighted by molar-refractivity contribution is 0.231. The van der Waals surface area contributed by atoms with Crippen LogP contribution in [-0.2, 0) is 0 Å². The van der Waals surface area contributed by atoms with Crippen LogP contribution in [0.1, 0.15) is 6.92 Å². The summed E-state index contributed by atoms with van der Waals surface area (Å²) in [5.41, 5.74) is 5.70. The van der Waals surface area contributed by atoms with Crippen molar-refractivity contribution in [1.82, 2.24) is 4.90 Å². The normalized spacial score (nSPS) is 12.1. The monoisotopic (exact) mass is 278 g/mol. The third-order valence-electron chi connectivity index (χ3n) is 2.16. The maximum Gasteiger partial charge on any atom is 0.119 e. The van der Waals surface area contributed by atoms with E-state index in [1.807, 2.05) is 38.2 Å². The Labute approximate surface area is 114 Å². The van der Waals surface area contributed by atoms with Crippen molar-refractivity contribution in [2.24, 2.45) is 5.73 Å². The predicted octanol–water partition coefficient (Wildman–Crippen LogP) is 2.42. The SMILES string of the molecule is CC(N)CN(C)CCOc1ccc(Cl)cc1.Cl. The minimum Gasteiger partial charge on any atom is -0.492 e. The summed E-state index contributed by atoms with van der Waals surface area (Å²) >= 11 is 5.78. The summed E-state index contributed by atoms with van der Waals surface area (Å²) < 4.78 is 5.57. The zero-order chi connectivity index (χ0) is 12.0. The minimum absolute atomic E-state index is 0. The van der Waals surface area contributed by atoms with Crippen molar-refractivity contribution < 1.29 is 4.74 Å². The van der Waals surface area contributed by atoms with Crippen molar-refractivity contribution in [3.05, 3.63) is 29.3 Å². The van der Waals surface area contributed by atoms with Gasteiger partial charge in [-0.3, -0.25) is 0 Å². The summed E-state index contributed by atoms with van der Waals surface area (Å²) in [4.78, 5) is 2.15. The van der Waals surface area contributed by atoms with Gasteiger partial charge in [-0.25, -0.2) is 0 Å². The fourth-order valence-corrected chi connectivity index (χ4v) is 1.56. The number of likely N-dealkylation sites (N-methyl/N-ethyl adjacent to an activating group) is 1. The number of rotatable bonds is 6. The van der Waals surface area contributed by atoms with E-state index in [1.54, 1.807) is 0 Å². The van der Waals surface area contributed by atoms with Gasteiger partial charge >= 0.3 is 0 Å². The Hall–Kier alpha value is -0.480. The van der Waals surface area contributed by atoms with Gasteiger partial charge in [0.25, 0.3) is 0 Å². The van der Waals surface area contributed by atoms with Gasteiger partial charge in [-0.1, -0.05) is 11.6 Å². The van der Waals surface area contributed by atoms with E-state index in [0.29, 0.717) is 6.61 Å². The molecule has 2 N–H and O–H groups in total. The summed E-state index contributed by atoms with van der Waals surface area (Å²) in [7, 11) is 2.04. The number of halogens is 2. The number of nitrogens with zero attached hydrogens (tertiary/aromatic N) is 1. The molecule has 0 spiro atoms. The highest BCUT2D eigenvalue weighted by Gasteiger charge is 2.01. The third-order valence-corrected chi connectivity index (χ3v) is 2.41. The Morgan fingerprint density at radius 3 is 2.47 bits per heavy atom. The molecule has 1 atom stereocenters. The molecule has 1 unspecified atom stereocenters. The average molecular weight is 279 g/mol. The van der Waals surface area contributed by atoms with Crippen molar-refractivity contribution in [3.8, 4) is 5.75 Å². The van der Waals surface area contributed by atoms with E-state index in [2.05, 4.69) is 4.90 Å². The molecule has 0 saturated carbocycles. The molecule has 0 aromatic heterocycles. The van der Waals surface area contributed by atoms with E-state index >= 15 is 0 Å². The second kappa shape index (κ2) is 8.59. The van der Waals surface area contributed by atoms with Crippen LogP contribution < -0.4 is 10.5 Å². The Bertz CT molecular complexity index is 304. The Balaban J connectivity index is 0.00000256. The molecule has 3 nitrogen and oxygen atoms in total. The molecule has 0 heterocycles. The van der Waals surface area contributed by atoms with Gasteiger partial charge in [-0.15, -0.1) is 12.4 Å². The topological polar surface area (TPSA) is 38.5 Å². The van der Waals surface area contributed by atoms with Gasteiger partial charge in [0.05, 0.1) is 0 Å². The van der Waals surface area contributed by atoms with Crippen LogP contribution >= 0.6 is 24.0 Å². The molecule has 0 radical (unpaired) electrons. The molecule has 0 saturated heterocycles. The highest BCUT2D eigenvalue weighted by Crippen LogP contribution is 2.15. The van der Waals surface area contributed by atoms with Gasteiger partial charge in [-0.2, -0.15) is 0 Å². The summed E-state index contributed by atoms with van der Waals surface area (Å²) in [6.07, 6.45) is 0. The fraction of sp³-hybridized carbons (Fsp3) is 0.500. The molecule has 0 aliphatic heterocycles. The highest BCUT2D eigenvalue weighted by molar-refractivity contribution is 6.30. The van der Waals surface area contributed by atoms with Crippen LogP contribution in [0, 0.1) is 0 Å². The van der Waals surface area contributed by atoms with Gasteiger partial charge in [0, 0.05) is 24.2 Å². The molecule has 1 rings (SSSR count). The predicted molar refractivity (Wildman–Crippen MR) is 75.3 cm³/mol. The van der Waals surface area contributed by atoms with E-state index in [0.717, 1.165) is 23.9 Å². The molecule has 0 bridgehead atoms. The smallest absolute Gasteiger partial charge is 0.119 e. The Morgan fingerprint density at radius 1 is 1.35 bits per heavy atom. The van der Waals surface area contributed by atoms with E-state index in [-0.39, 0.29) is 18.4 Å². The first-order chi connectivity index (χ1) is 7.58. The highest BCUT2D eigenvalue weighted by atomic mass is 35.5. The first-order valence-electron chi connectivity index (χ1n) is 5.40. The van der Waals surface area contributed by atoms with Gasteiger partial charge in [-0.05, 0) is 38.2 Å². The Kier molecular flexibility index (Phi) is 8.35. The number of nitrogens with two attached hydrogens (primary N) is 1. The first kappa shape index (κ1) is 16.5. The first-order valence-corrected chi connectivity index (χ1v) is 5.78. The summed E-state index contributed by atoms with van der Waals surface area (Å²) in [6, 6.07) is 7.58. The largest absolute Gasteiger partial charge is 0.492 e. The number of hydrogen-bond donors (Lipinski definition) is 1. The second-order valence-electron chi connectivity index (χ2n) is 4.04. The lowest BCUT2D eigenvalue weighted by atomic mass is 10.3. The van der Waals surface area contributed by atoms with E-state index in [4.69, 9.17) is 22.1 Å². The zero-order valence-corrected chi connectivity index (χ0v) is 11.8. The van der Waals surface area contributed by atoms with Crippen LogP contribution in [0.15, 0.2) is 24.3 Å². The molecule has 0 aliphatic rings. The molecule has 0 aliphatic carbocycles. The summed E-state index contributed by atoms with van der Waals surface area (Å²) in [5.74, 6) is 0.846. The van der Waals surface area contributed by atoms with Gasteiger partial charge in [0.2, 0.25) is 0 Å². The van der Waals surface area contributed by atoms with E-state index in [1.165, 1.54) is 0 Å². The van der Waals surface area contributed by atoms with Gasteiger partial charge < -0.3 is 15.4 Å². The summed E-state index contributed by atoms with van der Waals surface area (Å²) in [6.45, 7) is 4.40. The molecule has 1 aromatic carbocycles. The molecule has 17 heavy (non-hydrogen) atoms.